The third-order valence-electron chi connectivity index (χ3n) is 9.84. The van der Waals surface area contributed by atoms with Gasteiger partial charge in [-0.1, -0.05) is 42.5 Å². The van der Waals surface area contributed by atoms with Gasteiger partial charge < -0.3 is 70.5 Å². The van der Waals surface area contributed by atoms with Crippen molar-refractivity contribution < 1.29 is 38.7 Å². The molecule has 0 unspecified atom stereocenters. The zero-order chi connectivity index (χ0) is 45.7. The Balaban J connectivity index is 1.76. The number of hydrogen-bond acceptors (Lipinski definition) is 14. The number of benzene rings is 2. The second-order valence-corrected chi connectivity index (χ2v) is 14.9. The Hall–Kier alpha value is -6.10. The first-order valence-corrected chi connectivity index (χ1v) is 20.3. The van der Waals surface area contributed by atoms with E-state index in [0.29, 0.717) is 11.8 Å². The Morgan fingerprint density at radius 1 is 0.758 bits per heavy atom. The van der Waals surface area contributed by atoms with Crippen LogP contribution in [0.5, 0.6) is 0 Å². The third kappa shape index (κ3) is 16.4. The zero-order valence-corrected chi connectivity index (χ0v) is 34.8. The average molecular weight is 864 g/mol. The van der Waals surface area contributed by atoms with Crippen LogP contribution in [0.2, 0.25) is 0 Å². The minimum Gasteiger partial charge on any atom is -0.391 e. The summed E-state index contributed by atoms with van der Waals surface area (Å²) in [5.74, 6) is -4.41. The smallest absolute Gasteiger partial charge is 0.245 e. The normalized spacial score (nSPS) is 15.0. The van der Waals surface area contributed by atoms with Crippen molar-refractivity contribution in [3.63, 3.8) is 0 Å². The summed E-state index contributed by atoms with van der Waals surface area (Å²) in [5.41, 5.74) is 29.5. The van der Waals surface area contributed by atoms with Crippen LogP contribution in [0.15, 0.2) is 73.1 Å². The fourth-order valence-electron chi connectivity index (χ4n) is 6.31. The van der Waals surface area contributed by atoms with Crippen molar-refractivity contribution in [1.29, 1.82) is 0 Å². The van der Waals surface area contributed by atoms with Crippen LogP contribution in [-0.2, 0) is 46.4 Å². The van der Waals surface area contributed by atoms with Gasteiger partial charge in [0.1, 0.15) is 30.5 Å². The maximum absolute atomic E-state index is 13.9. The van der Waals surface area contributed by atoms with Crippen LogP contribution in [0.1, 0.15) is 43.7 Å². The van der Waals surface area contributed by atoms with Crippen LogP contribution in [-0.4, -0.2) is 131 Å². The molecule has 0 radical (unpaired) electrons. The SMILES string of the molecule is C[C@@H](O)[C@H](NC(=O)[C@H](CCN)NC[C@](N)(C=O)CCN)C(=O)NCC[C@H](NC(=O)Cc1ccc(-n2cccn2)cc1)C(=O)N[C@@H](CCN)C(=O)N[C@H](Cc1ccccc1)C(N)=O. The first-order chi connectivity index (χ1) is 29.6. The molecule has 0 saturated carbocycles. The number of aromatic nitrogens is 2. The molecule has 0 spiro atoms. The monoisotopic (exact) mass is 863 g/mol. The number of primary amides is 1. The predicted molar refractivity (Wildman–Crippen MR) is 229 cm³/mol. The number of amides is 6. The number of nitrogens with two attached hydrogens (primary N) is 5. The molecule has 6 amide bonds. The second kappa shape index (κ2) is 25.6. The average Bonchev–Trinajstić information content (AvgIpc) is 3.79. The highest BCUT2D eigenvalue weighted by molar-refractivity contribution is 5.94. The van der Waals surface area contributed by atoms with Gasteiger partial charge >= 0.3 is 0 Å². The van der Waals surface area contributed by atoms with Crippen molar-refractivity contribution >= 4 is 41.7 Å². The van der Waals surface area contributed by atoms with Crippen LogP contribution in [0.25, 0.3) is 5.69 Å². The number of carbonyl (C=O) groups excluding carboxylic acids is 7. The molecule has 0 bridgehead atoms. The van der Waals surface area contributed by atoms with Gasteiger partial charge in [-0.3, -0.25) is 28.8 Å². The van der Waals surface area contributed by atoms with Crippen molar-refractivity contribution in [2.45, 2.75) is 87.3 Å². The van der Waals surface area contributed by atoms with E-state index >= 15 is 0 Å². The van der Waals surface area contributed by atoms with E-state index in [1.165, 1.54) is 6.92 Å². The molecule has 0 aliphatic carbocycles. The number of nitrogens with one attached hydrogen (secondary N) is 6. The molecule has 1 aromatic heterocycles. The van der Waals surface area contributed by atoms with Crippen LogP contribution < -0.4 is 60.6 Å². The fourth-order valence-corrected chi connectivity index (χ4v) is 6.31. The van der Waals surface area contributed by atoms with E-state index in [2.05, 4.69) is 37.0 Å². The molecule has 3 rings (SSSR count). The predicted octanol–water partition coefficient (Wildman–Crippen LogP) is -4.13. The molecule has 0 fully saturated rings. The van der Waals surface area contributed by atoms with Crippen LogP contribution in [0.3, 0.4) is 0 Å². The van der Waals surface area contributed by atoms with E-state index in [1.54, 1.807) is 77.7 Å². The Morgan fingerprint density at radius 2 is 1.37 bits per heavy atom. The molecule has 338 valence electrons. The van der Waals surface area contributed by atoms with Gasteiger partial charge in [-0.2, -0.15) is 5.10 Å². The summed E-state index contributed by atoms with van der Waals surface area (Å²) in [6.45, 7) is 1.08. The lowest BCUT2D eigenvalue weighted by Gasteiger charge is -2.28. The van der Waals surface area contributed by atoms with Gasteiger partial charge in [-0.25, -0.2) is 4.68 Å². The van der Waals surface area contributed by atoms with Crippen LogP contribution in [0.4, 0.5) is 0 Å². The summed E-state index contributed by atoms with van der Waals surface area (Å²) >= 11 is 0. The Labute approximate surface area is 360 Å². The quantitative estimate of drug-likeness (QED) is 0.0309. The minimum atomic E-state index is -1.47. The maximum Gasteiger partial charge on any atom is 0.245 e. The van der Waals surface area contributed by atoms with E-state index in [1.807, 2.05) is 0 Å². The molecule has 3 aromatic rings. The van der Waals surface area contributed by atoms with Crippen molar-refractivity contribution in [3.8, 4) is 5.69 Å². The van der Waals surface area contributed by atoms with E-state index in [0.717, 1.165) is 11.3 Å². The molecule has 2 aromatic carbocycles. The third-order valence-corrected chi connectivity index (χ3v) is 9.84. The molecule has 21 nitrogen and oxygen atoms in total. The molecule has 0 saturated heterocycles. The van der Waals surface area contributed by atoms with E-state index < -0.39 is 77.3 Å². The number of nitrogens with zero attached hydrogens (tertiary/aromatic N) is 2. The van der Waals surface area contributed by atoms with E-state index in [9.17, 15) is 38.7 Å². The number of rotatable bonds is 28. The van der Waals surface area contributed by atoms with Crippen molar-refractivity contribution in [2.75, 3.05) is 32.7 Å². The summed E-state index contributed by atoms with van der Waals surface area (Å²) in [7, 11) is 0. The summed E-state index contributed by atoms with van der Waals surface area (Å²) in [6.07, 6.45) is 2.48. The molecule has 62 heavy (non-hydrogen) atoms. The number of aliphatic hydroxyl groups excluding tert-OH is 1. The van der Waals surface area contributed by atoms with Crippen LogP contribution >= 0.6 is 0 Å². The van der Waals surface area contributed by atoms with Gasteiger partial charge in [0, 0.05) is 31.9 Å². The van der Waals surface area contributed by atoms with Gasteiger partial charge in [0.15, 0.2) is 0 Å². The molecule has 17 N–H and O–H groups in total. The number of hydrogen-bond donors (Lipinski definition) is 12. The van der Waals surface area contributed by atoms with Gasteiger partial charge in [0.2, 0.25) is 35.4 Å². The maximum atomic E-state index is 13.9. The molecular weight excluding hydrogens is 803 g/mol. The van der Waals surface area contributed by atoms with Gasteiger partial charge in [-0.05, 0) is 81.6 Å². The molecule has 1 heterocycles. The largest absolute Gasteiger partial charge is 0.391 e. The molecule has 7 atom stereocenters. The Bertz CT molecular complexity index is 1900. The highest BCUT2D eigenvalue weighted by Crippen LogP contribution is 2.11. The van der Waals surface area contributed by atoms with Crippen molar-refractivity contribution in [3.05, 3.63) is 84.2 Å². The summed E-state index contributed by atoms with van der Waals surface area (Å²) in [6, 6.07) is 11.5. The number of carbonyl (C=O) groups is 7. The highest BCUT2D eigenvalue weighted by Gasteiger charge is 2.32. The van der Waals surface area contributed by atoms with Crippen LogP contribution in [0, 0.1) is 0 Å². The minimum absolute atomic E-state index is 0.0358. The number of aldehydes is 1. The topological polar surface area (TPSA) is 360 Å². The summed E-state index contributed by atoms with van der Waals surface area (Å²) in [5, 5.41) is 30.5. The second-order valence-electron chi connectivity index (χ2n) is 14.9. The zero-order valence-electron chi connectivity index (χ0n) is 34.8. The Kier molecular flexibility index (Phi) is 20.8. The molecular formula is C41H61N13O8. The number of aliphatic hydroxyl groups is 1. The summed E-state index contributed by atoms with van der Waals surface area (Å²) in [4.78, 5) is 91.4. The van der Waals surface area contributed by atoms with E-state index in [4.69, 9.17) is 28.7 Å². The van der Waals surface area contributed by atoms with Crippen molar-refractivity contribution in [1.82, 2.24) is 41.7 Å². The molecule has 0 aliphatic rings. The first kappa shape index (κ1) is 50.3. The summed E-state index contributed by atoms with van der Waals surface area (Å²) < 4.78 is 1.65. The molecule has 0 aliphatic heterocycles. The fraction of sp³-hybridized carbons (Fsp3) is 0.463. The van der Waals surface area contributed by atoms with Crippen molar-refractivity contribution in [2.24, 2.45) is 28.7 Å². The van der Waals surface area contributed by atoms with E-state index in [-0.39, 0.29) is 71.2 Å². The Morgan fingerprint density at radius 3 is 1.94 bits per heavy atom. The highest BCUT2D eigenvalue weighted by atomic mass is 16.3. The van der Waals surface area contributed by atoms with Gasteiger partial charge in [0.05, 0.1) is 29.8 Å². The lowest BCUT2D eigenvalue weighted by atomic mass is 9.97. The molecule has 21 heteroatoms. The standard InChI is InChI=1S/C41H61N13O8/c1-26(56)35(53-37(59)30(12-16-42)48-24-41(46,25-55)15-18-44)40(62)47-20-14-32(50-34(57)23-28-8-10-29(11-9-28)54-21-5-19-49-54)39(61)51-31(13-17-43)38(60)52-33(36(45)58)22-27-6-3-2-4-7-27/h2-11,19,21,25-26,30-33,35,48,56H,12-18,20,22-24,42-44,46H2,1H3,(H2,45,58)(H,47,62)(H,50,57)(H,51,61)(H,52,60)(H,53,59)/t26-,30+,31+,32+,33-,35+,41+/m1/s1. The first-order valence-electron chi connectivity index (χ1n) is 20.3. The lowest BCUT2D eigenvalue weighted by molar-refractivity contribution is -0.133. The van der Waals surface area contributed by atoms with Gasteiger partial charge in [0.25, 0.3) is 0 Å². The lowest BCUT2D eigenvalue weighted by Crippen LogP contribution is -2.60. The van der Waals surface area contributed by atoms with Gasteiger partial charge in [-0.15, -0.1) is 0 Å².